The van der Waals surface area contributed by atoms with Gasteiger partial charge in [-0.3, -0.25) is 19.1 Å². The molecule has 0 fully saturated rings. The highest BCUT2D eigenvalue weighted by Crippen LogP contribution is 2.25. The van der Waals surface area contributed by atoms with Gasteiger partial charge in [-0.2, -0.15) is 0 Å². The molecule has 0 bridgehead atoms. The summed E-state index contributed by atoms with van der Waals surface area (Å²) in [4.78, 5) is 34.8. The van der Waals surface area contributed by atoms with E-state index >= 15 is 0 Å². The summed E-state index contributed by atoms with van der Waals surface area (Å²) in [5.74, 6) is -0.0749. The molecule has 1 N–H and O–H groups in total. The van der Waals surface area contributed by atoms with Gasteiger partial charge in [0.1, 0.15) is 4.83 Å². The highest BCUT2D eigenvalue weighted by molar-refractivity contribution is 7.18. The van der Waals surface area contributed by atoms with E-state index in [1.807, 2.05) is 26.0 Å². The van der Waals surface area contributed by atoms with Crippen LogP contribution >= 0.6 is 11.3 Å². The minimum Gasteiger partial charge on any atom is -0.356 e. The number of thiophene rings is 1. The van der Waals surface area contributed by atoms with Crippen LogP contribution in [-0.4, -0.2) is 27.0 Å². The van der Waals surface area contributed by atoms with E-state index in [-0.39, 0.29) is 17.9 Å². The molecule has 0 atom stereocenters. The number of amides is 1. The van der Waals surface area contributed by atoms with Crippen LogP contribution in [0.1, 0.15) is 22.4 Å². The van der Waals surface area contributed by atoms with E-state index in [1.54, 1.807) is 12.4 Å². The van der Waals surface area contributed by atoms with Gasteiger partial charge in [-0.1, -0.05) is 6.07 Å². The van der Waals surface area contributed by atoms with Crippen molar-refractivity contribution in [3.05, 3.63) is 57.2 Å². The van der Waals surface area contributed by atoms with Gasteiger partial charge in [0.15, 0.2) is 0 Å². The molecular formula is C18H20N4O2S. The fourth-order valence-electron chi connectivity index (χ4n) is 2.63. The van der Waals surface area contributed by atoms with E-state index < -0.39 is 0 Å². The molecule has 0 aromatic carbocycles. The van der Waals surface area contributed by atoms with Gasteiger partial charge in [0, 0.05) is 36.8 Å². The lowest BCUT2D eigenvalue weighted by atomic mass is 10.2. The van der Waals surface area contributed by atoms with Crippen molar-refractivity contribution < 1.29 is 4.79 Å². The van der Waals surface area contributed by atoms with Crippen LogP contribution < -0.4 is 10.9 Å². The van der Waals surface area contributed by atoms with Crippen LogP contribution in [0.3, 0.4) is 0 Å². The van der Waals surface area contributed by atoms with Crippen molar-refractivity contribution in [2.24, 2.45) is 0 Å². The summed E-state index contributed by atoms with van der Waals surface area (Å²) in [5.41, 5.74) is 1.99. The highest BCUT2D eigenvalue weighted by Gasteiger charge is 2.12. The number of hydrogen-bond donors (Lipinski definition) is 1. The van der Waals surface area contributed by atoms with Crippen LogP contribution in [0.4, 0.5) is 0 Å². The van der Waals surface area contributed by atoms with Crippen LogP contribution in [0.5, 0.6) is 0 Å². The van der Waals surface area contributed by atoms with Gasteiger partial charge in [0.05, 0.1) is 11.7 Å². The van der Waals surface area contributed by atoms with Crippen molar-refractivity contribution in [2.75, 3.05) is 6.54 Å². The number of rotatable bonds is 6. The molecule has 0 aliphatic heterocycles. The average molecular weight is 356 g/mol. The van der Waals surface area contributed by atoms with Crippen LogP contribution in [0.15, 0.2) is 35.6 Å². The summed E-state index contributed by atoms with van der Waals surface area (Å²) < 4.78 is 1.52. The van der Waals surface area contributed by atoms with Crippen LogP contribution in [0.2, 0.25) is 0 Å². The molecular weight excluding hydrogens is 336 g/mol. The zero-order valence-corrected chi connectivity index (χ0v) is 15.1. The van der Waals surface area contributed by atoms with Crippen molar-refractivity contribution in [1.29, 1.82) is 0 Å². The van der Waals surface area contributed by atoms with Gasteiger partial charge < -0.3 is 5.32 Å². The van der Waals surface area contributed by atoms with E-state index in [1.165, 1.54) is 22.2 Å². The Balaban J connectivity index is 1.57. The lowest BCUT2D eigenvalue weighted by Crippen LogP contribution is -2.29. The van der Waals surface area contributed by atoms with Crippen molar-refractivity contribution in [3.63, 3.8) is 0 Å². The van der Waals surface area contributed by atoms with E-state index in [9.17, 15) is 9.59 Å². The number of hydrogen-bond acceptors (Lipinski definition) is 5. The SMILES string of the molecule is Cc1sc2ncn(CCC(=O)NCCc3cccnc3)c(=O)c2c1C. The third-order valence-corrected chi connectivity index (χ3v) is 5.31. The first-order chi connectivity index (χ1) is 12.1. The smallest absolute Gasteiger partial charge is 0.262 e. The maximum Gasteiger partial charge on any atom is 0.262 e. The second-order valence-corrected chi connectivity index (χ2v) is 7.12. The van der Waals surface area contributed by atoms with Crippen LogP contribution in [0, 0.1) is 13.8 Å². The number of aryl methyl sites for hydroxylation is 3. The van der Waals surface area contributed by atoms with E-state index in [4.69, 9.17) is 0 Å². The minimum atomic E-state index is -0.0749. The molecule has 0 spiro atoms. The van der Waals surface area contributed by atoms with Gasteiger partial charge in [0.25, 0.3) is 5.56 Å². The summed E-state index contributed by atoms with van der Waals surface area (Å²) in [5, 5.41) is 3.54. The molecule has 0 unspecified atom stereocenters. The third-order valence-electron chi connectivity index (χ3n) is 4.19. The monoisotopic (exact) mass is 356 g/mol. The lowest BCUT2D eigenvalue weighted by Gasteiger charge is -2.07. The number of carbonyl (C=O) groups is 1. The Kier molecular flexibility index (Phi) is 5.23. The predicted molar refractivity (Wildman–Crippen MR) is 98.9 cm³/mol. The second kappa shape index (κ2) is 7.57. The number of carbonyl (C=O) groups excluding carboxylic acids is 1. The number of fused-ring (bicyclic) bond motifs is 1. The number of nitrogens with zero attached hydrogens (tertiary/aromatic N) is 3. The molecule has 0 aliphatic carbocycles. The summed E-state index contributed by atoms with van der Waals surface area (Å²) in [6, 6.07) is 3.85. The van der Waals surface area contributed by atoms with Crippen LogP contribution in [0.25, 0.3) is 10.2 Å². The highest BCUT2D eigenvalue weighted by atomic mass is 32.1. The molecule has 3 aromatic heterocycles. The van der Waals surface area contributed by atoms with E-state index in [0.717, 1.165) is 27.3 Å². The average Bonchev–Trinajstić information content (AvgIpc) is 2.90. The standard InChI is InChI=1S/C18H20N4O2S/c1-12-13(2)25-17-16(12)18(24)22(11-21-17)9-6-15(23)20-8-5-14-4-3-7-19-10-14/h3-4,7,10-11H,5-6,8-9H2,1-2H3,(H,20,23). The van der Waals surface area contributed by atoms with Crippen molar-refractivity contribution in [3.8, 4) is 0 Å². The van der Waals surface area contributed by atoms with Crippen molar-refractivity contribution in [1.82, 2.24) is 19.9 Å². The third kappa shape index (κ3) is 3.93. The molecule has 3 heterocycles. The molecule has 1 amide bonds. The Labute approximate surface area is 149 Å². The number of nitrogens with one attached hydrogen (secondary N) is 1. The molecule has 3 rings (SSSR count). The first kappa shape index (κ1) is 17.3. The molecule has 0 saturated heterocycles. The van der Waals surface area contributed by atoms with Gasteiger partial charge >= 0.3 is 0 Å². The first-order valence-electron chi connectivity index (χ1n) is 8.17. The van der Waals surface area contributed by atoms with Crippen molar-refractivity contribution in [2.45, 2.75) is 33.2 Å². The minimum absolute atomic E-state index is 0.0741. The largest absolute Gasteiger partial charge is 0.356 e. The van der Waals surface area contributed by atoms with Crippen molar-refractivity contribution >= 4 is 27.5 Å². The molecule has 7 heteroatoms. The topological polar surface area (TPSA) is 76.9 Å². The molecule has 25 heavy (non-hydrogen) atoms. The fourth-order valence-corrected chi connectivity index (χ4v) is 3.62. The summed E-state index contributed by atoms with van der Waals surface area (Å²) in [7, 11) is 0. The Morgan fingerprint density at radius 3 is 2.96 bits per heavy atom. The number of pyridine rings is 1. The molecule has 0 saturated carbocycles. The molecule has 130 valence electrons. The van der Waals surface area contributed by atoms with Gasteiger partial charge in [0.2, 0.25) is 5.91 Å². The number of aromatic nitrogens is 3. The van der Waals surface area contributed by atoms with E-state index in [0.29, 0.717) is 18.5 Å². The Morgan fingerprint density at radius 1 is 1.36 bits per heavy atom. The summed E-state index contributed by atoms with van der Waals surface area (Å²) >= 11 is 1.53. The summed E-state index contributed by atoms with van der Waals surface area (Å²) in [6.07, 6.45) is 6.03. The Hall–Kier alpha value is -2.54. The van der Waals surface area contributed by atoms with E-state index in [2.05, 4.69) is 15.3 Å². The Bertz CT molecular complexity index is 947. The molecule has 0 aliphatic rings. The molecule has 6 nitrogen and oxygen atoms in total. The first-order valence-corrected chi connectivity index (χ1v) is 8.98. The molecule has 0 radical (unpaired) electrons. The maximum atomic E-state index is 12.6. The molecule has 3 aromatic rings. The maximum absolute atomic E-state index is 12.6. The van der Waals surface area contributed by atoms with Gasteiger partial charge in [-0.15, -0.1) is 11.3 Å². The zero-order valence-electron chi connectivity index (χ0n) is 14.3. The second-order valence-electron chi connectivity index (χ2n) is 5.92. The van der Waals surface area contributed by atoms with Gasteiger partial charge in [-0.25, -0.2) is 4.98 Å². The summed E-state index contributed by atoms with van der Waals surface area (Å²) in [6.45, 7) is 4.81. The predicted octanol–water partition coefficient (Wildman–Crippen LogP) is 2.22. The zero-order chi connectivity index (χ0) is 17.8. The lowest BCUT2D eigenvalue weighted by molar-refractivity contribution is -0.121. The normalized spacial score (nSPS) is 11.0. The fraction of sp³-hybridized carbons (Fsp3) is 0.333. The quantitative estimate of drug-likeness (QED) is 0.735. The van der Waals surface area contributed by atoms with Crippen LogP contribution in [-0.2, 0) is 17.8 Å². The van der Waals surface area contributed by atoms with Gasteiger partial charge in [-0.05, 0) is 37.5 Å². The Morgan fingerprint density at radius 2 is 2.20 bits per heavy atom.